The fourth-order valence-electron chi connectivity index (χ4n) is 4.91. The van der Waals surface area contributed by atoms with Gasteiger partial charge in [0.15, 0.2) is 11.6 Å². The molecule has 2 aliphatic rings. The summed E-state index contributed by atoms with van der Waals surface area (Å²) in [6.45, 7) is 0. The van der Waals surface area contributed by atoms with Crippen LogP contribution in [0.5, 0.6) is 0 Å². The van der Waals surface area contributed by atoms with Gasteiger partial charge in [-0.3, -0.25) is 0 Å². The van der Waals surface area contributed by atoms with E-state index in [2.05, 4.69) is 59.4 Å². The van der Waals surface area contributed by atoms with Gasteiger partial charge in [-0.25, -0.2) is 8.78 Å². The Kier molecular flexibility index (Phi) is 6.50. The Bertz CT molecular complexity index is 1360. The molecule has 0 bridgehead atoms. The van der Waals surface area contributed by atoms with Gasteiger partial charge in [0.2, 0.25) is 0 Å². The summed E-state index contributed by atoms with van der Waals surface area (Å²) in [4.78, 5) is 3.47. The van der Waals surface area contributed by atoms with Crippen molar-refractivity contribution in [2.75, 3.05) is 0 Å². The molecule has 168 valence electrons. The summed E-state index contributed by atoms with van der Waals surface area (Å²) in [5.74, 6) is 5.90. The third kappa shape index (κ3) is 4.92. The molecule has 1 saturated carbocycles. The number of benzene rings is 3. The van der Waals surface area contributed by atoms with Gasteiger partial charge in [0.25, 0.3) is 0 Å². The molecular weight excluding hydrogens is 444 g/mol. The molecule has 0 radical (unpaired) electrons. The molecule has 0 heterocycles. The predicted octanol–water partition coefficient (Wildman–Crippen LogP) is 8.09. The van der Waals surface area contributed by atoms with Gasteiger partial charge in [-0.15, -0.1) is 0 Å². The van der Waals surface area contributed by atoms with Crippen molar-refractivity contribution in [3.63, 3.8) is 0 Å². The Morgan fingerprint density at radius 1 is 0.882 bits per heavy atom. The molecule has 0 atom stereocenters. The number of halogens is 2. The molecule has 0 N–H and O–H groups in total. The van der Waals surface area contributed by atoms with E-state index in [-0.39, 0.29) is 0 Å². The first-order chi connectivity index (χ1) is 16.6. The minimum absolute atomic E-state index is 0.411. The average molecular weight is 468 g/mol. The maximum Gasteiger partial charge on any atom is 0.153 e. The fraction of sp³-hybridized carbons (Fsp3) is 0.233. The summed E-state index contributed by atoms with van der Waals surface area (Å²) < 4.78 is 28.5. The van der Waals surface area contributed by atoms with Crippen LogP contribution in [-0.4, -0.2) is 5.16 Å². The third-order valence-electron chi connectivity index (χ3n) is 6.68. The van der Waals surface area contributed by atoms with Crippen LogP contribution in [0, 0.1) is 29.4 Å². The smallest absolute Gasteiger partial charge is 0.153 e. The highest BCUT2D eigenvalue weighted by Gasteiger charge is 2.16. The summed E-state index contributed by atoms with van der Waals surface area (Å²) in [6.07, 6.45) is 9.41. The van der Waals surface area contributed by atoms with Gasteiger partial charge in [0.05, 0.1) is 5.16 Å². The van der Waals surface area contributed by atoms with E-state index in [0.29, 0.717) is 12.0 Å². The lowest BCUT2D eigenvalue weighted by atomic mass is 9.97. The van der Waals surface area contributed by atoms with Crippen LogP contribution in [0.1, 0.15) is 47.9 Å². The molecule has 0 amide bonds. The van der Waals surface area contributed by atoms with E-state index in [9.17, 15) is 8.78 Å². The first-order valence-corrected chi connectivity index (χ1v) is 12.0. The maximum atomic E-state index is 14.3. The zero-order chi connectivity index (χ0) is 23.5. The van der Waals surface area contributed by atoms with E-state index < -0.39 is 17.3 Å². The summed E-state index contributed by atoms with van der Waals surface area (Å²) in [7, 11) is 0. The second-order valence-corrected chi connectivity index (χ2v) is 9.24. The average Bonchev–Trinajstić information content (AvgIpc) is 3.50. The molecule has 34 heavy (non-hydrogen) atoms. The van der Waals surface area contributed by atoms with Gasteiger partial charge < -0.3 is 0 Å². The van der Waals surface area contributed by atoms with Crippen molar-refractivity contribution in [3.05, 3.63) is 94.1 Å². The van der Waals surface area contributed by atoms with Gasteiger partial charge in [-0.1, -0.05) is 67.9 Å². The van der Waals surface area contributed by atoms with Gasteiger partial charge in [0.1, 0.15) is 5.69 Å². The minimum atomic E-state index is -0.758. The van der Waals surface area contributed by atoms with Crippen LogP contribution in [0.3, 0.4) is 0 Å². The van der Waals surface area contributed by atoms with Gasteiger partial charge in [-0.05, 0) is 82.7 Å². The summed E-state index contributed by atoms with van der Waals surface area (Å²) in [5, 5.41) is 2.01. The number of isothiocyanates is 1. The van der Waals surface area contributed by atoms with Crippen LogP contribution < -0.4 is 0 Å². The number of fused-ring (bicyclic) bond motifs is 1. The summed E-state index contributed by atoms with van der Waals surface area (Å²) in [6, 6.07) is 17.0. The maximum absolute atomic E-state index is 14.3. The molecule has 1 nitrogen and oxygen atoms in total. The van der Waals surface area contributed by atoms with Crippen molar-refractivity contribution in [1.82, 2.24) is 0 Å². The standard InChI is InChI=1S/C30H23F2NS/c31-28-17-27(18-29(32)30(28)33-19-34)25-12-11-24-14-23(15-26(24)16-25)10-7-20-5-8-22(9-6-20)13-21-3-1-2-4-21/h5-6,8-9,11-12,14,16-18,21H,1-4,13,15H2. The highest BCUT2D eigenvalue weighted by Crippen LogP contribution is 2.33. The Morgan fingerprint density at radius 2 is 1.62 bits per heavy atom. The minimum Gasteiger partial charge on any atom is -0.204 e. The van der Waals surface area contributed by atoms with E-state index in [4.69, 9.17) is 0 Å². The normalized spacial score (nSPS) is 14.7. The van der Waals surface area contributed by atoms with Gasteiger partial charge >= 0.3 is 0 Å². The highest BCUT2D eigenvalue weighted by atomic mass is 32.1. The summed E-state index contributed by atoms with van der Waals surface area (Å²) in [5.41, 5.74) is 6.41. The molecule has 0 aromatic heterocycles. The van der Waals surface area contributed by atoms with Crippen molar-refractivity contribution in [3.8, 4) is 23.0 Å². The van der Waals surface area contributed by atoms with Crippen LogP contribution in [0.4, 0.5) is 14.5 Å². The summed E-state index contributed by atoms with van der Waals surface area (Å²) >= 11 is 4.46. The zero-order valence-corrected chi connectivity index (χ0v) is 19.5. The Hall–Kier alpha value is -3.38. The number of rotatable bonds is 4. The predicted molar refractivity (Wildman–Crippen MR) is 137 cm³/mol. The van der Waals surface area contributed by atoms with Crippen LogP contribution in [-0.2, 0) is 12.8 Å². The van der Waals surface area contributed by atoms with Crippen molar-refractivity contribution in [2.45, 2.75) is 38.5 Å². The lowest BCUT2D eigenvalue weighted by Gasteiger charge is -2.08. The van der Waals surface area contributed by atoms with Crippen molar-refractivity contribution in [2.24, 2.45) is 10.9 Å². The lowest BCUT2D eigenvalue weighted by molar-refractivity contribution is 0.546. The molecule has 3 aromatic rings. The van der Waals surface area contributed by atoms with Crippen LogP contribution >= 0.6 is 12.2 Å². The van der Waals surface area contributed by atoms with Crippen molar-refractivity contribution >= 4 is 29.1 Å². The number of hydrogen-bond donors (Lipinski definition) is 0. The number of allylic oxidation sites excluding steroid dienone is 1. The number of thiocarbonyl (C=S) groups is 1. The topological polar surface area (TPSA) is 12.4 Å². The largest absolute Gasteiger partial charge is 0.204 e. The Labute approximate surface area is 204 Å². The van der Waals surface area contributed by atoms with Gasteiger partial charge in [0, 0.05) is 17.6 Å². The van der Waals surface area contributed by atoms with Crippen molar-refractivity contribution in [1.29, 1.82) is 0 Å². The Morgan fingerprint density at radius 3 is 2.32 bits per heavy atom. The molecule has 0 spiro atoms. The van der Waals surface area contributed by atoms with E-state index in [1.54, 1.807) is 0 Å². The molecule has 0 saturated heterocycles. The first-order valence-electron chi connectivity index (χ1n) is 11.6. The molecule has 1 fully saturated rings. The number of nitrogens with zero attached hydrogens (tertiary/aromatic N) is 1. The first kappa shape index (κ1) is 22.4. The molecule has 4 heteroatoms. The second kappa shape index (κ2) is 9.85. The van der Waals surface area contributed by atoms with E-state index >= 15 is 0 Å². The van der Waals surface area contributed by atoms with Crippen LogP contribution in [0.25, 0.3) is 17.2 Å². The SMILES string of the molecule is Fc1cc(-c2ccc3c(c2)CC(C#Cc2ccc(CC4CCCC4)cc2)=C3)cc(F)c1N=C=S. The molecule has 0 aliphatic heterocycles. The number of aliphatic imine (C=N–C) groups is 1. The molecule has 0 unspecified atom stereocenters. The van der Waals surface area contributed by atoms with Crippen LogP contribution in [0.15, 0.2) is 65.2 Å². The van der Waals surface area contributed by atoms with E-state index in [0.717, 1.165) is 33.7 Å². The zero-order valence-electron chi connectivity index (χ0n) is 18.7. The van der Waals surface area contributed by atoms with E-state index in [1.807, 2.05) is 23.4 Å². The molecule has 5 rings (SSSR count). The fourth-order valence-corrected chi connectivity index (χ4v) is 5.00. The Balaban J connectivity index is 1.29. The van der Waals surface area contributed by atoms with Crippen LogP contribution in [0.2, 0.25) is 0 Å². The van der Waals surface area contributed by atoms with Crippen molar-refractivity contribution < 1.29 is 8.78 Å². The highest BCUT2D eigenvalue weighted by molar-refractivity contribution is 7.78. The molecule has 3 aromatic carbocycles. The quantitative estimate of drug-likeness (QED) is 0.215. The third-order valence-corrected chi connectivity index (χ3v) is 6.77. The number of hydrogen-bond acceptors (Lipinski definition) is 2. The lowest BCUT2D eigenvalue weighted by Crippen LogP contribution is -1.98. The molecular formula is C30H23F2NS. The van der Waals surface area contributed by atoms with Gasteiger partial charge in [-0.2, -0.15) is 4.99 Å². The monoisotopic (exact) mass is 467 g/mol. The molecule has 2 aliphatic carbocycles. The second-order valence-electron chi connectivity index (χ2n) is 9.05. The van der Waals surface area contributed by atoms with E-state index in [1.165, 1.54) is 49.8 Å².